The van der Waals surface area contributed by atoms with Gasteiger partial charge in [0, 0.05) is 11.5 Å². The topological polar surface area (TPSA) is 106 Å². The third-order valence-electron chi connectivity index (χ3n) is 5.03. The molecule has 0 atom stereocenters. The molecule has 7 heteroatoms. The van der Waals surface area contributed by atoms with Crippen molar-refractivity contribution in [2.24, 2.45) is 0 Å². The van der Waals surface area contributed by atoms with Crippen molar-refractivity contribution in [3.63, 3.8) is 0 Å². The van der Waals surface area contributed by atoms with Crippen LogP contribution in [0.3, 0.4) is 0 Å². The number of pyridine rings is 1. The zero-order valence-electron chi connectivity index (χ0n) is 16.1. The monoisotopic (exact) mass is 398 g/mol. The molecule has 0 aliphatic heterocycles. The number of nitrogens with one attached hydrogen (secondary N) is 1. The van der Waals surface area contributed by atoms with Crippen molar-refractivity contribution in [2.45, 2.75) is 6.92 Å². The standard InChI is InChI=1S/C23H18N4O3/c1-13-11-16(30-15-5-3-2-4-6-15)8-10-19(13)27-22(24)20-21(26-27)17-9-7-14(28)12-18(17)25-23(20)29/h2-12,28H,24H2,1H3,(H,25,29). The Morgan fingerprint density at radius 2 is 1.83 bits per heavy atom. The highest BCUT2D eigenvalue weighted by Gasteiger charge is 2.18. The lowest BCUT2D eigenvalue weighted by Crippen LogP contribution is -2.08. The number of phenols is 1. The highest BCUT2D eigenvalue weighted by atomic mass is 16.5. The summed E-state index contributed by atoms with van der Waals surface area (Å²) >= 11 is 0. The molecule has 3 aromatic carbocycles. The summed E-state index contributed by atoms with van der Waals surface area (Å²) in [4.78, 5) is 15.4. The zero-order valence-corrected chi connectivity index (χ0v) is 16.1. The second-order valence-electron chi connectivity index (χ2n) is 7.07. The van der Waals surface area contributed by atoms with E-state index in [2.05, 4.69) is 10.1 Å². The van der Waals surface area contributed by atoms with E-state index in [1.165, 1.54) is 6.07 Å². The lowest BCUT2D eigenvalue weighted by atomic mass is 10.1. The average Bonchev–Trinajstić information content (AvgIpc) is 3.06. The predicted molar refractivity (Wildman–Crippen MR) is 117 cm³/mol. The van der Waals surface area contributed by atoms with Crippen LogP contribution in [0.4, 0.5) is 5.82 Å². The number of aryl methyl sites for hydroxylation is 1. The van der Waals surface area contributed by atoms with Gasteiger partial charge in [-0.05, 0) is 55.0 Å². The molecule has 7 nitrogen and oxygen atoms in total. The van der Waals surface area contributed by atoms with E-state index in [9.17, 15) is 9.90 Å². The van der Waals surface area contributed by atoms with Crippen molar-refractivity contribution in [3.05, 3.63) is 82.6 Å². The van der Waals surface area contributed by atoms with E-state index in [1.54, 1.807) is 16.8 Å². The number of nitrogens with two attached hydrogens (primary N) is 1. The van der Waals surface area contributed by atoms with Crippen LogP contribution < -0.4 is 16.0 Å². The van der Waals surface area contributed by atoms with Crippen LogP contribution >= 0.6 is 0 Å². The minimum Gasteiger partial charge on any atom is -0.508 e. The first-order valence-corrected chi connectivity index (χ1v) is 9.38. The molecule has 0 radical (unpaired) electrons. The second-order valence-corrected chi connectivity index (χ2v) is 7.07. The number of anilines is 1. The Morgan fingerprint density at radius 1 is 1.03 bits per heavy atom. The van der Waals surface area contributed by atoms with Gasteiger partial charge in [0.2, 0.25) is 0 Å². The maximum Gasteiger partial charge on any atom is 0.261 e. The van der Waals surface area contributed by atoms with Crippen molar-refractivity contribution in [1.29, 1.82) is 0 Å². The van der Waals surface area contributed by atoms with Crippen LogP contribution in [-0.4, -0.2) is 19.9 Å². The van der Waals surface area contributed by atoms with Gasteiger partial charge < -0.3 is 20.6 Å². The zero-order chi connectivity index (χ0) is 20.8. The summed E-state index contributed by atoms with van der Waals surface area (Å²) in [6, 6.07) is 19.9. The van der Waals surface area contributed by atoms with Gasteiger partial charge in [0.1, 0.15) is 34.0 Å². The smallest absolute Gasteiger partial charge is 0.261 e. The number of nitrogen functional groups attached to an aromatic ring is 1. The number of para-hydroxylation sites is 1. The van der Waals surface area contributed by atoms with Gasteiger partial charge in [-0.1, -0.05) is 18.2 Å². The molecule has 0 amide bonds. The summed E-state index contributed by atoms with van der Waals surface area (Å²) in [6.45, 7) is 1.93. The Morgan fingerprint density at radius 3 is 2.60 bits per heavy atom. The van der Waals surface area contributed by atoms with Gasteiger partial charge in [-0.3, -0.25) is 4.79 Å². The van der Waals surface area contributed by atoms with E-state index < -0.39 is 0 Å². The van der Waals surface area contributed by atoms with E-state index in [0.717, 1.165) is 17.0 Å². The van der Waals surface area contributed by atoms with Crippen LogP contribution in [0, 0.1) is 6.92 Å². The molecular weight excluding hydrogens is 380 g/mol. The molecular formula is C23H18N4O3. The summed E-state index contributed by atoms with van der Waals surface area (Å²) < 4.78 is 7.45. The molecule has 5 aromatic rings. The molecule has 148 valence electrons. The van der Waals surface area contributed by atoms with Crippen LogP contribution in [0.2, 0.25) is 0 Å². The number of benzene rings is 3. The van der Waals surface area contributed by atoms with Crippen LogP contribution in [0.25, 0.3) is 27.5 Å². The number of aromatic nitrogens is 3. The number of aromatic amines is 1. The maximum absolute atomic E-state index is 12.6. The molecule has 0 bridgehead atoms. The van der Waals surface area contributed by atoms with E-state index in [1.807, 2.05) is 55.5 Å². The summed E-state index contributed by atoms with van der Waals surface area (Å²) in [5, 5.41) is 15.4. The molecule has 5 rings (SSSR count). The third kappa shape index (κ3) is 2.84. The predicted octanol–water partition coefficient (Wildman–Crippen LogP) is 4.26. The van der Waals surface area contributed by atoms with Crippen LogP contribution in [0.15, 0.2) is 71.5 Å². The highest BCUT2D eigenvalue weighted by molar-refractivity contribution is 6.07. The normalized spacial score (nSPS) is 11.2. The van der Waals surface area contributed by atoms with E-state index in [4.69, 9.17) is 10.5 Å². The Balaban J connectivity index is 1.64. The number of ether oxygens (including phenoxy) is 1. The Labute approximate surface area is 171 Å². The molecule has 0 aliphatic carbocycles. The molecule has 0 fully saturated rings. The van der Waals surface area contributed by atoms with Crippen molar-refractivity contribution >= 4 is 27.6 Å². The van der Waals surface area contributed by atoms with E-state index >= 15 is 0 Å². The lowest BCUT2D eigenvalue weighted by Gasteiger charge is -2.11. The molecule has 2 heterocycles. The first-order chi connectivity index (χ1) is 14.5. The summed E-state index contributed by atoms with van der Waals surface area (Å²) in [5.74, 6) is 1.75. The van der Waals surface area contributed by atoms with Gasteiger partial charge in [-0.25, -0.2) is 4.68 Å². The lowest BCUT2D eigenvalue weighted by molar-refractivity contribution is 0.476. The number of rotatable bonds is 3. The molecule has 30 heavy (non-hydrogen) atoms. The first-order valence-electron chi connectivity index (χ1n) is 9.38. The molecule has 2 aromatic heterocycles. The fourth-order valence-corrected chi connectivity index (χ4v) is 3.61. The van der Waals surface area contributed by atoms with E-state index in [0.29, 0.717) is 27.6 Å². The number of H-pyrrole nitrogens is 1. The number of aromatic hydroxyl groups is 1. The number of phenolic OH excluding ortho intramolecular Hbond substituents is 1. The SMILES string of the molecule is Cc1cc(Oc2ccccc2)ccc1-n1nc2c(c1N)c(=O)[nH]c1cc(O)ccc12. The Kier molecular flexibility index (Phi) is 3.96. The highest BCUT2D eigenvalue weighted by Crippen LogP contribution is 2.31. The Hall–Kier alpha value is -4.26. The van der Waals surface area contributed by atoms with Gasteiger partial charge in [0.15, 0.2) is 0 Å². The third-order valence-corrected chi connectivity index (χ3v) is 5.03. The van der Waals surface area contributed by atoms with Crippen molar-refractivity contribution in [1.82, 2.24) is 14.8 Å². The molecule has 0 saturated carbocycles. The number of hydrogen-bond acceptors (Lipinski definition) is 5. The molecule has 0 aliphatic rings. The van der Waals surface area contributed by atoms with Crippen LogP contribution in [0.1, 0.15) is 5.56 Å². The van der Waals surface area contributed by atoms with Crippen molar-refractivity contribution in [2.75, 3.05) is 5.73 Å². The van der Waals surface area contributed by atoms with Gasteiger partial charge in [-0.2, -0.15) is 5.10 Å². The van der Waals surface area contributed by atoms with Gasteiger partial charge >= 0.3 is 0 Å². The molecule has 0 saturated heterocycles. The van der Waals surface area contributed by atoms with Crippen LogP contribution in [-0.2, 0) is 0 Å². The quantitative estimate of drug-likeness (QED) is 0.421. The first kappa shape index (κ1) is 17.8. The minimum absolute atomic E-state index is 0.0646. The van der Waals surface area contributed by atoms with Crippen LogP contribution in [0.5, 0.6) is 17.2 Å². The summed E-state index contributed by atoms with van der Waals surface area (Å²) in [5.41, 5.74) is 8.59. The fraction of sp³-hybridized carbons (Fsp3) is 0.0435. The van der Waals surface area contributed by atoms with Gasteiger partial charge in [0.05, 0.1) is 11.2 Å². The molecule has 0 spiro atoms. The largest absolute Gasteiger partial charge is 0.508 e. The second kappa shape index (κ2) is 6.66. The fourth-order valence-electron chi connectivity index (χ4n) is 3.61. The van der Waals surface area contributed by atoms with Crippen molar-refractivity contribution < 1.29 is 9.84 Å². The average molecular weight is 398 g/mol. The number of hydrogen-bond donors (Lipinski definition) is 3. The van der Waals surface area contributed by atoms with Crippen molar-refractivity contribution in [3.8, 4) is 22.9 Å². The van der Waals surface area contributed by atoms with E-state index in [-0.39, 0.29) is 17.1 Å². The van der Waals surface area contributed by atoms with Gasteiger partial charge in [0.25, 0.3) is 5.56 Å². The molecule has 0 unspecified atom stereocenters. The Bertz CT molecular complexity index is 1470. The number of fused-ring (bicyclic) bond motifs is 3. The molecule has 4 N–H and O–H groups in total. The maximum atomic E-state index is 12.6. The number of nitrogens with zero attached hydrogens (tertiary/aromatic N) is 2. The summed E-state index contributed by atoms with van der Waals surface area (Å²) in [6.07, 6.45) is 0. The minimum atomic E-state index is -0.353. The summed E-state index contributed by atoms with van der Waals surface area (Å²) in [7, 11) is 0. The van der Waals surface area contributed by atoms with Gasteiger partial charge in [-0.15, -0.1) is 0 Å².